The fraction of sp³-hybridized carbons (Fsp3) is 0.375. The molecule has 0 saturated heterocycles. The Bertz CT molecular complexity index is 329. The zero-order chi connectivity index (χ0) is 8.60. The van der Waals surface area contributed by atoms with Gasteiger partial charge in [0, 0.05) is 17.1 Å². The Balaban J connectivity index is 2.18. The maximum Gasteiger partial charge on any atom is 0.193 e. The first-order valence-corrected chi connectivity index (χ1v) is 4.52. The Morgan fingerprint density at radius 1 is 1.50 bits per heavy atom. The molecule has 0 N–H and O–H groups in total. The van der Waals surface area contributed by atoms with E-state index in [9.17, 15) is 0 Å². The summed E-state index contributed by atoms with van der Waals surface area (Å²) in [5.74, 6) is 0. The highest BCUT2D eigenvalue weighted by molar-refractivity contribution is 9.10. The van der Waals surface area contributed by atoms with Crippen LogP contribution in [0.4, 0.5) is 0 Å². The average Bonchev–Trinajstić information content (AvgIpc) is 2.74. The minimum absolute atomic E-state index is 0.198. The van der Waals surface area contributed by atoms with E-state index in [1.165, 1.54) is 0 Å². The van der Waals surface area contributed by atoms with Gasteiger partial charge in [0.25, 0.3) is 0 Å². The maximum absolute atomic E-state index is 4.24. The first-order chi connectivity index (χ1) is 5.70. The first kappa shape index (κ1) is 7.86. The molecule has 0 saturated carbocycles. The monoisotopic (exact) mass is 225 g/mol. The maximum atomic E-state index is 4.24. The molecule has 1 aliphatic heterocycles. The molecule has 1 aromatic rings. The van der Waals surface area contributed by atoms with Crippen LogP contribution in [0.2, 0.25) is 0 Å². The van der Waals surface area contributed by atoms with Crippen LogP contribution in [0.15, 0.2) is 33.0 Å². The van der Waals surface area contributed by atoms with Crippen LogP contribution in [0.25, 0.3) is 0 Å². The average molecular weight is 226 g/mol. The van der Waals surface area contributed by atoms with E-state index < -0.39 is 0 Å². The number of aromatic nitrogens is 1. The third-order valence-electron chi connectivity index (χ3n) is 1.78. The lowest BCUT2D eigenvalue weighted by Gasteiger charge is -2.04. The standard InChI is InChI=1S/C8H8BrN3/c1-8(11-12-8)5-7-6(9)3-2-4-10-7/h2-4H,5H2,1H3. The van der Waals surface area contributed by atoms with Crippen LogP contribution in [0.3, 0.4) is 0 Å². The highest BCUT2D eigenvalue weighted by Crippen LogP contribution is 2.32. The van der Waals surface area contributed by atoms with Crippen molar-refractivity contribution in [2.24, 2.45) is 10.2 Å². The molecule has 62 valence electrons. The van der Waals surface area contributed by atoms with Crippen LogP contribution in [0.1, 0.15) is 12.6 Å². The molecule has 0 amide bonds. The van der Waals surface area contributed by atoms with Crippen molar-refractivity contribution in [2.45, 2.75) is 19.0 Å². The van der Waals surface area contributed by atoms with Crippen molar-refractivity contribution in [2.75, 3.05) is 0 Å². The van der Waals surface area contributed by atoms with Gasteiger partial charge in [-0.15, -0.1) is 0 Å². The van der Waals surface area contributed by atoms with Crippen LogP contribution in [0.5, 0.6) is 0 Å². The molecule has 0 spiro atoms. The lowest BCUT2D eigenvalue weighted by atomic mass is 10.1. The molecule has 0 aliphatic carbocycles. The van der Waals surface area contributed by atoms with Gasteiger partial charge < -0.3 is 0 Å². The quantitative estimate of drug-likeness (QED) is 0.763. The molecular formula is C8H8BrN3. The molecule has 0 radical (unpaired) electrons. The Kier molecular flexibility index (Phi) is 1.72. The highest BCUT2D eigenvalue weighted by atomic mass is 79.9. The summed E-state index contributed by atoms with van der Waals surface area (Å²) >= 11 is 3.43. The van der Waals surface area contributed by atoms with E-state index in [0.29, 0.717) is 0 Å². The Morgan fingerprint density at radius 2 is 2.25 bits per heavy atom. The summed E-state index contributed by atoms with van der Waals surface area (Å²) < 4.78 is 1.03. The van der Waals surface area contributed by atoms with Gasteiger partial charge in [-0.05, 0) is 35.0 Å². The van der Waals surface area contributed by atoms with E-state index in [4.69, 9.17) is 0 Å². The predicted octanol–water partition coefficient (Wildman–Crippen LogP) is 2.57. The molecule has 2 rings (SSSR count). The second-order valence-corrected chi connectivity index (χ2v) is 3.88. The van der Waals surface area contributed by atoms with Crippen LogP contribution in [-0.2, 0) is 6.42 Å². The van der Waals surface area contributed by atoms with E-state index >= 15 is 0 Å². The van der Waals surface area contributed by atoms with Crippen molar-refractivity contribution in [3.63, 3.8) is 0 Å². The summed E-state index contributed by atoms with van der Waals surface area (Å²) in [6.07, 6.45) is 2.57. The summed E-state index contributed by atoms with van der Waals surface area (Å²) in [4.78, 5) is 4.24. The van der Waals surface area contributed by atoms with E-state index in [-0.39, 0.29) is 5.66 Å². The SMILES string of the molecule is CC1(Cc2ncccc2Br)N=N1. The minimum atomic E-state index is -0.198. The summed E-state index contributed by atoms with van der Waals surface area (Å²) in [6, 6.07) is 3.88. The molecule has 0 bridgehead atoms. The zero-order valence-corrected chi connectivity index (χ0v) is 8.24. The fourth-order valence-corrected chi connectivity index (χ4v) is 1.42. The molecule has 0 aromatic carbocycles. The molecule has 0 fully saturated rings. The summed E-state index contributed by atoms with van der Waals surface area (Å²) in [7, 11) is 0. The van der Waals surface area contributed by atoms with Gasteiger partial charge in [0.15, 0.2) is 5.66 Å². The third-order valence-corrected chi connectivity index (χ3v) is 2.50. The number of pyridine rings is 1. The molecule has 4 heteroatoms. The Hall–Kier alpha value is -0.770. The highest BCUT2D eigenvalue weighted by Gasteiger charge is 2.34. The van der Waals surface area contributed by atoms with Gasteiger partial charge in [-0.25, -0.2) is 0 Å². The first-order valence-electron chi connectivity index (χ1n) is 3.73. The van der Waals surface area contributed by atoms with Gasteiger partial charge in [-0.3, -0.25) is 4.98 Å². The van der Waals surface area contributed by atoms with E-state index in [1.807, 2.05) is 19.1 Å². The molecule has 3 nitrogen and oxygen atoms in total. The van der Waals surface area contributed by atoms with Gasteiger partial charge in [0.05, 0.1) is 5.69 Å². The molecule has 1 aliphatic rings. The number of nitrogens with zero attached hydrogens (tertiary/aromatic N) is 3. The lowest BCUT2D eigenvalue weighted by molar-refractivity contribution is 0.648. The van der Waals surface area contributed by atoms with Gasteiger partial charge >= 0.3 is 0 Å². The van der Waals surface area contributed by atoms with Crippen LogP contribution in [-0.4, -0.2) is 10.6 Å². The van der Waals surface area contributed by atoms with Gasteiger partial charge in [0.2, 0.25) is 0 Å². The predicted molar refractivity (Wildman–Crippen MR) is 48.9 cm³/mol. The van der Waals surface area contributed by atoms with E-state index in [2.05, 4.69) is 31.1 Å². The Morgan fingerprint density at radius 3 is 2.83 bits per heavy atom. The molecule has 12 heavy (non-hydrogen) atoms. The fourth-order valence-electron chi connectivity index (χ4n) is 1.02. The largest absolute Gasteiger partial charge is 0.260 e. The number of rotatable bonds is 2. The van der Waals surface area contributed by atoms with Crippen molar-refractivity contribution in [1.29, 1.82) is 0 Å². The molecular weight excluding hydrogens is 218 g/mol. The van der Waals surface area contributed by atoms with Crippen LogP contribution in [0, 0.1) is 0 Å². The van der Waals surface area contributed by atoms with Crippen LogP contribution >= 0.6 is 15.9 Å². The smallest absolute Gasteiger partial charge is 0.193 e. The number of halogens is 1. The zero-order valence-electron chi connectivity index (χ0n) is 6.66. The third kappa shape index (κ3) is 1.53. The molecule has 2 heterocycles. The molecule has 1 aromatic heterocycles. The van der Waals surface area contributed by atoms with Gasteiger partial charge in [-0.2, -0.15) is 10.2 Å². The number of hydrogen-bond donors (Lipinski definition) is 0. The van der Waals surface area contributed by atoms with Crippen molar-refractivity contribution in [1.82, 2.24) is 4.98 Å². The van der Waals surface area contributed by atoms with Crippen molar-refractivity contribution in [3.05, 3.63) is 28.5 Å². The molecule has 0 atom stereocenters. The van der Waals surface area contributed by atoms with E-state index in [1.54, 1.807) is 6.20 Å². The van der Waals surface area contributed by atoms with E-state index in [0.717, 1.165) is 16.6 Å². The molecule has 0 unspecified atom stereocenters. The second kappa shape index (κ2) is 2.62. The second-order valence-electron chi connectivity index (χ2n) is 3.03. The van der Waals surface area contributed by atoms with Crippen LogP contribution < -0.4 is 0 Å². The minimum Gasteiger partial charge on any atom is -0.260 e. The van der Waals surface area contributed by atoms with Crippen molar-refractivity contribution < 1.29 is 0 Å². The van der Waals surface area contributed by atoms with Crippen molar-refractivity contribution in [3.8, 4) is 0 Å². The summed E-state index contributed by atoms with van der Waals surface area (Å²) in [5.41, 5.74) is 0.821. The van der Waals surface area contributed by atoms with Crippen molar-refractivity contribution >= 4 is 15.9 Å². The lowest BCUT2D eigenvalue weighted by Crippen LogP contribution is -2.10. The Labute approximate surface area is 79.1 Å². The summed E-state index contributed by atoms with van der Waals surface area (Å²) in [6.45, 7) is 1.99. The topological polar surface area (TPSA) is 37.6 Å². The summed E-state index contributed by atoms with van der Waals surface area (Å²) in [5, 5.41) is 7.87. The number of hydrogen-bond acceptors (Lipinski definition) is 3. The normalized spacial score (nSPS) is 17.8. The van der Waals surface area contributed by atoms with Gasteiger partial charge in [-0.1, -0.05) is 0 Å². The van der Waals surface area contributed by atoms with Gasteiger partial charge in [0.1, 0.15) is 0 Å².